The number of nitrogens with zero attached hydrogens (tertiary/aromatic N) is 6. The number of benzene rings is 1. The van der Waals surface area contributed by atoms with Gasteiger partial charge in [-0.25, -0.2) is 4.52 Å². The van der Waals surface area contributed by atoms with Crippen LogP contribution in [0.4, 0.5) is 11.4 Å². The molecule has 1 aromatic carbocycles. The average molecular weight is 428 g/mol. The molecule has 3 atom stereocenters. The molecule has 6 rings (SSSR count). The lowest BCUT2D eigenvalue weighted by atomic mass is 10.00. The van der Waals surface area contributed by atoms with E-state index in [1.54, 1.807) is 10.7 Å². The van der Waals surface area contributed by atoms with Crippen molar-refractivity contribution in [3.8, 4) is 6.07 Å². The second-order valence-electron chi connectivity index (χ2n) is 9.47. The number of aromatic nitrogens is 2. The van der Waals surface area contributed by atoms with Gasteiger partial charge in [-0.05, 0) is 55.3 Å². The summed E-state index contributed by atoms with van der Waals surface area (Å²) in [7, 11) is 0. The molecular weight excluding hydrogens is 398 g/mol. The third kappa shape index (κ3) is 3.06. The van der Waals surface area contributed by atoms with E-state index in [0.717, 1.165) is 50.5 Å². The highest BCUT2D eigenvalue weighted by Crippen LogP contribution is 2.41. The monoisotopic (exact) mass is 427 g/mol. The quantitative estimate of drug-likeness (QED) is 0.679. The number of nitrogens with one attached hydrogen (secondary N) is 1. The summed E-state index contributed by atoms with van der Waals surface area (Å²) >= 11 is 0. The Morgan fingerprint density at radius 3 is 2.81 bits per heavy atom. The first kappa shape index (κ1) is 19.6. The van der Waals surface area contributed by atoms with Crippen LogP contribution in [0.3, 0.4) is 0 Å². The summed E-state index contributed by atoms with van der Waals surface area (Å²) in [4.78, 5) is 7.65. The van der Waals surface area contributed by atoms with Crippen molar-refractivity contribution < 1.29 is 0 Å². The predicted octanol–water partition coefficient (Wildman–Crippen LogP) is 2.77. The zero-order valence-corrected chi connectivity index (χ0v) is 18.7. The zero-order valence-electron chi connectivity index (χ0n) is 18.7. The number of anilines is 2. The normalized spacial score (nSPS) is 25.6. The Kier molecular flexibility index (Phi) is 4.60. The molecule has 164 valence electrons. The molecule has 3 aliphatic heterocycles. The molecule has 3 aliphatic rings. The van der Waals surface area contributed by atoms with Gasteiger partial charge in [0.1, 0.15) is 11.8 Å². The third-order valence-corrected chi connectivity index (χ3v) is 7.40. The number of piperazine rings is 2. The van der Waals surface area contributed by atoms with Crippen LogP contribution in [0.15, 0.2) is 42.6 Å². The molecule has 0 spiro atoms. The number of pyridine rings is 1. The van der Waals surface area contributed by atoms with E-state index in [-0.39, 0.29) is 0 Å². The maximum atomic E-state index is 9.42. The van der Waals surface area contributed by atoms with E-state index in [1.807, 2.05) is 12.1 Å². The van der Waals surface area contributed by atoms with Crippen molar-refractivity contribution in [2.75, 3.05) is 42.5 Å². The van der Waals surface area contributed by atoms with E-state index < -0.39 is 0 Å². The van der Waals surface area contributed by atoms with Gasteiger partial charge in [0.2, 0.25) is 0 Å². The molecule has 0 radical (unpaired) electrons. The molecule has 0 saturated carbocycles. The van der Waals surface area contributed by atoms with E-state index in [0.29, 0.717) is 23.8 Å². The molecule has 7 heteroatoms. The summed E-state index contributed by atoms with van der Waals surface area (Å²) in [5.74, 6) is 0. The molecule has 5 heterocycles. The Bertz CT molecular complexity index is 1210. The smallest absolute Gasteiger partial charge is 0.142 e. The third-order valence-electron chi connectivity index (χ3n) is 7.40. The first-order chi connectivity index (χ1) is 15.6. The highest BCUT2D eigenvalue weighted by atomic mass is 15.3. The highest BCUT2D eigenvalue weighted by Gasteiger charge is 2.39. The number of hydrogen-bond acceptors (Lipinski definition) is 6. The van der Waals surface area contributed by atoms with Crippen LogP contribution in [0.1, 0.15) is 36.7 Å². The van der Waals surface area contributed by atoms with E-state index >= 15 is 0 Å². The number of hydrogen-bond donors (Lipinski definition) is 1. The van der Waals surface area contributed by atoms with E-state index in [9.17, 15) is 5.26 Å². The first-order valence-electron chi connectivity index (χ1n) is 11.6. The lowest BCUT2D eigenvalue weighted by Crippen LogP contribution is -2.51. The lowest BCUT2D eigenvalue weighted by molar-refractivity contribution is 0.134. The Morgan fingerprint density at radius 2 is 1.97 bits per heavy atom. The number of nitriles is 1. The van der Waals surface area contributed by atoms with Gasteiger partial charge in [0.05, 0.1) is 23.4 Å². The molecule has 1 N–H and O–H groups in total. The maximum Gasteiger partial charge on any atom is 0.142 e. The molecule has 0 aliphatic carbocycles. The van der Waals surface area contributed by atoms with Gasteiger partial charge in [0, 0.05) is 57.0 Å². The predicted molar refractivity (Wildman–Crippen MR) is 126 cm³/mol. The topological polar surface area (TPSA) is 62.8 Å². The van der Waals surface area contributed by atoms with Crippen molar-refractivity contribution in [3.63, 3.8) is 0 Å². The Hall–Kier alpha value is -3.08. The fourth-order valence-electron chi connectivity index (χ4n) is 5.83. The fraction of sp³-hybridized carbons (Fsp3) is 0.440. The average Bonchev–Trinajstić information content (AvgIpc) is 3.43. The minimum Gasteiger partial charge on any atom is -0.369 e. The van der Waals surface area contributed by atoms with Gasteiger partial charge in [-0.2, -0.15) is 10.4 Å². The van der Waals surface area contributed by atoms with Gasteiger partial charge in [-0.1, -0.05) is 6.07 Å². The molecule has 7 nitrogen and oxygen atoms in total. The van der Waals surface area contributed by atoms with Gasteiger partial charge in [0.25, 0.3) is 0 Å². The number of rotatable bonds is 2. The SMILES string of the molecule is CC1CN(c2ccc3c(c2)CN2C(C)CN(c4ccc(C#N)n5nccc45)CC32)CCN1. The van der Waals surface area contributed by atoms with Crippen molar-refractivity contribution in [1.29, 1.82) is 5.26 Å². The zero-order chi connectivity index (χ0) is 21.8. The van der Waals surface area contributed by atoms with E-state index in [1.165, 1.54) is 16.8 Å². The summed E-state index contributed by atoms with van der Waals surface area (Å²) < 4.78 is 1.76. The summed E-state index contributed by atoms with van der Waals surface area (Å²) in [5, 5.41) is 17.3. The van der Waals surface area contributed by atoms with Crippen LogP contribution in [0, 0.1) is 11.3 Å². The molecule has 3 unspecified atom stereocenters. The Balaban J connectivity index is 1.31. The van der Waals surface area contributed by atoms with Crippen LogP contribution in [0.5, 0.6) is 0 Å². The second-order valence-corrected chi connectivity index (χ2v) is 9.47. The van der Waals surface area contributed by atoms with Crippen molar-refractivity contribution in [1.82, 2.24) is 19.8 Å². The standard InChI is InChI=1S/C25H29N7/c1-17-13-29(10-9-27-17)20-3-5-22-19(11-20)15-31-18(2)14-30(16-25(22)31)23-6-4-21(12-26)32-24(23)7-8-28-32/h3-8,11,17-18,25,27H,9-10,13-16H2,1-2H3. The minimum atomic E-state index is 0.392. The summed E-state index contributed by atoms with van der Waals surface area (Å²) in [5.41, 5.74) is 7.03. The summed E-state index contributed by atoms with van der Waals surface area (Å²) in [6.07, 6.45) is 1.78. The van der Waals surface area contributed by atoms with E-state index in [4.69, 9.17) is 0 Å². The van der Waals surface area contributed by atoms with Gasteiger partial charge in [-0.3, -0.25) is 4.90 Å². The highest BCUT2D eigenvalue weighted by molar-refractivity contribution is 5.74. The second kappa shape index (κ2) is 7.51. The lowest BCUT2D eigenvalue weighted by Gasteiger charge is -2.43. The Morgan fingerprint density at radius 1 is 1.06 bits per heavy atom. The van der Waals surface area contributed by atoms with Crippen LogP contribution in [0.25, 0.3) is 5.52 Å². The van der Waals surface area contributed by atoms with Gasteiger partial charge in [0.15, 0.2) is 0 Å². The van der Waals surface area contributed by atoms with Crippen LogP contribution in [-0.4, -0.2) is 59.3 Å². The van der Waals surface area contributed by atoms with E-state index in [2.05, 4.69) is 69.3 Å². The Labute approximate surface area is 188 Å². The van der Waals surface area contributed by atoms with Crippen LogP contribution < -0.4 is 15.1 Å². The van der Waals surface area contributed by atoms with Crippen molar-refractivity contribution in [2.45, 2.75) is 38.5 Å². The van der Waals surface area contributed by atoms with Crippen LogP contribution in [-0.2, 0) is 6.54 Å². The minimum absolute atomic E-state index is 0.392. The maximum absolute atomic E-state index is 9.42. The van der Waals surface area contributed by atoms with Crippen molar-refractivity contribution >= 4 is 16.9 Å². The van der Waals surface area contributed by atoms with Gasteiger partial charge in [-0.15, -0.1) is 0 Å². The molecule has 0 amide bonds. The van der Waals surface area contributed by atoms with Crippen molar-refractivity contribution in [2.24, 2.45) is 0 Å². The molecule has 32 heavy (non-hydrogen) atoms. The molecule has 3 aromatic rings. The van der Waals surface area contributed by atoms with Gasteiger partial charge >= 0.3 is 0 Å². The molecule has 0 bridgehead atoms. The largest absolute Gasteiger partial charge is 0.369 e. The molecule has 2 saturated heterocycles. The van der Waals surface area contributed by atoms with Crippen molar-refractivity contribution in [3.05, 3.63) is 59.4 Å². The van der Waals surface area contributed by atoms with Crippen LogP contribution in [0.2, 0.25) is 0 Å². The summed E-state index contributed by atoms with van der Waals surface area (Å²) in [6.45, 7) is 10.7. The molecule has 2 fully saturated rings. The van der Waals surface area contributed by atoms with Gasteiger partial charge < -0.3 is 15.1 Å². The molecular formula is C25H29N7. The number of fused-ring (bicyclic) bond motifs is 4. The molecule has 2 aromatic heterocycles. The first-order valence-corrected chi connectivity index (χ1v) is 11.6. The fourth-order valence-corrected chi connectivity index (χ4v) is 5.83. The summed E-state index contributed by atoms with van der Waals surface area (Å²) in [6, 6.07) is 16.7. The van der Waals surface area contributed by atoms with Crippen LogP contribution >= 0.6 is 0 Å².